The fourth-order valence-corrected chi connectivity index (χ4v) is 2.50. The Morgan fingerprint density at radius 2 is 2.00 bits per heavy atom. The average Bonchev–Trinajstić information content (AvgIpc) is 2.15. The number of benzene rings is 1. The first-order valence-electron chi connectivity index (χ1n) is 4.74. The second kappa shape index (κ2) is 5.25. The van der Waals surface area contributed by atoms with E-state index >= 15 is 0 Å². The molecule has 14 heavy (non-hydrogen) atoms. The molecule has 78 valence electrons. The lowest BCUT2D eigenvalue weighted by molar-refractivity contribution is 0.590. The molecule has 0 radical (unpaired) electrons. The maximum atomic E-state index is 13.2. The van der Waals surface area contributed by atoms with E-state index < -0.39 is 10.8 Å². The van der Waals surface area contributed by atoms with Crippen molar-refractivity contribution in [2.75, 3.05) is 5.75 Å². The standard InChI is InChI=1S/C11H15FOS/c1-9(2)7-8-14(13)11-6-4-3-5-10(11)12/h3-6,9H,7-8H2,1-2H3. The van der Waals surface area contributed by atoms with E-state index in [2.05, 4.69) is 13.8 Å². The molecule has 0 aliphatic heterocycles. The van der Waals surface area contributed by atoms with Gasteiger partial charge >= 0.3 is 0 Å². The van der Waals surface area contributed by atoms with Crippen molar-refractivity contribution in [1.29, 1.82) is 0 Å². The molecule has 1 atom stereocenters. The predicted octanol–water partition coefficient (Wildman–Crippen LogP) is 2.98. The Balaban J connectivity index is 2.65. The van der Waals surface area contributed by atoms with Gasteiger partial charge in [-0.3, -0.25) is 4.21 Å². The molecule has 0 aliphatic rings. The first kappa shape index (κ1) is 11.4. The van der Waals surface area contributed by atoms with Crippen molar-refractivity contribution in [3.63, 3.8) is 0 Å². The molecular formula is C11H15FOS. The van der Waals surface area contributed by atoms with Crippen molar-refractivity contribution in [2.24, 2.45) is 5.92 Å². The zero-order chi connectivity index (χ0) is 10.6. The van der Waals surface area contributed by atoms with Gasteiger partial charge in [-0.15, -0.1) is 0 Å². The predicted molar refractivity (Wildman–Crippen MR) is 57.1 cm³/mol. The van der Waals surface area contributed by atoms with Crippen LogP contribution in [0.5, 0.6) is 0 Å². The lowest BCUT2D eigenvalue weighted by Crippen LogP contribution is -2.03. The van der Waals surface area contributed by atoms with Crippen LogP contribution in [0, 0.1) is 11.7 Å². The van der Waals surface area contributed by atoms with Gasteiger partial charge in [-0.25, -0.2) is 4.39 Å². The van der Waals surface area contributed by atoms with Gasteiger partial charge in [0.25, 0.3) is 0 Å². The highest BCUT2D eigenvalue weighted by Gasteiger charge is 2.09. The van der Waals surface area contributed by atoms with E-state index in [0.717, 1.165) is 6.42 Å². The summed E-state index contributed by atoms with van der Waals surface area (Å²) in [7, 11) is -1.19. The third-order valence-electron chi connectivity index (χ3n) is 1.96. The molecule has 1 unspecified atom stereocenters. The van der Waals surface area contributed by atoms with Crippen LogP contribution < -0.4 is 0 Å². The molecule has 1 aromatic carbocycles. The summed E-state index contributed by atoms with van der Waals surface area (Å²) in [5, 5.41) is 0. The third-order valence-corrected chi connectivity index (χ3v) is 3.39. The molecule has 0 saturated heterocycles. The Hall–Kier alpha value is -0.700. The topological polar surface area (TPSA) is 17.1 Å². The van der Waals surface area contributed by atoms with Gasteiger partial charge in [0.2, 0.25) is 0 Å². The number of hydrogen-bond donors (Lipinski definition) is 0. The van der Waals surface area contributed by atoms with Crippen molar-refractivity contribution >= 4 is 10.8 Å². The van der Waals surface area contributed by atoms with Crippen LogP contribution in [0.25, 0.3) is 0 Å². The van der Waals surface area contributed by atoms with Crippen LogP contribution in [0.3, 0.4) is 0 Å². The fraction of sp³-hybridized carbons (Fsp3) is 0.455. The Labute approximate surface area is 86.8 Å². The van der Waals surface area contributed by atoms with Crippen LogP contribution in [-0.2, 0) is 10.8 Å². The van der Waals surface area contributed by atoms with E-state index in [1.807, 2.05) is 0 Å². The molecule has 0 bridgehead atoms. The lowest BCUT2D eigenvalue weighted by atomic mass is 10.2. The second-order valence-corrected chi connectivity index (χ2v) is 5.20. The van der Waals surface area contributed by atoms with Crippen molar-refractivity contribution in [3.8, 4) is 0 Å². The zero-order valence-electron chi connectivity index (χ0n) is 8.50. The summed E-state index contributed by atoms with van der Waals surface area (Å²) in [6.45, 7) is 4.14. The van der Waals surface area contributed by atoms with Crippen LogP contribution in [0.4, 0.5) is 4.39 Å². The average molecular weight is 214 g/mol. The molecule has 1 nitrogen and oxygen atoms in total. The van der Waals surface area contributed by atoms with Gasteiger partial charge in [-0.1, -0.05) is 26.0 Å². The maximum absolute atomic E-state index is 13.2. The lowest BCUT2D eigenvalue weighted by Gasteiger charge is -2.05. The smallest absolute Gasteiger partial charge is 0.139 e. The summed E-state index contributed by atoms with van der Waals surface area (Å²) in [6.07, 6.45) is 0.862. The monoisotopic (exact) mass is 214 g/mol. The Morgan fingerprint density at radius 1 is 1.36 bits per heavy atom. The van der Waals surface area contributed by atoms with Crippen molar-refractivity contribution in [3.05, 3.63) is 30.1 Å². The van der Waals surface area contributed by atoms with E-state index in [1.165, 1.54) is 6.07 Å². The molecule has 0 amide bonds. The normalized spacial score (nSPS) is 13.1. The molecule has 0 spiro atoms. The quantitative estimate of drug-likeness (QED) is 0.753. The number of halogens is 1. The van der Waals surface area contributed by atoms with Crippen LogP contribution in [0.1, 0.15) is 20.3 Å². The van der Waals surface area contributed by atoms with Gasteiger partial charge in [0, 0.05) is 5.75 Å². The molecular weight excluding hydrogens is 199 g/mol. The minimum absolute atomic E-state index is 0.327. The molecule has 0 saturated carbocycles. The van der Waals surface area contributed by atoms with Gasteiger partial charge < -0.3 is 0 Å². The highest BCUT2D eigenvalue weighted by molar-refractivity contribution is 7.85. The first-order chi connectivity index (χ1) is 6.61. The Morgan fingerprint density at radius 3 is 2.57 bits per heavy atom. The van der Waals surface area contributed by atoms with Gasteiger partial charge in [-0.2, -0.15) is 0 Å². The summed E-state index contributed by atoms with van der Waals surface area (Å²) in [4.78, 5) is 0.327. The van der Waals surface area contributed by atoms with Gasteiger partial charge in [-0.05, 0) is 24.5 Å². The molecule has 3 heteroatoms. The second-order valence-electron chi connectivity index (χ2n) is 3.66. The number of rotatable bonds is 4. The van der Waals surface area contributed by atoms with Crippen molar-refractivity contribution < 1.29 is 8.60 Å². The number of hydrogen-bond acceptors (Lipinski definition) is 1. The highest BCUT2D eigenvalue weighted by Crippen LogP contribution is 2.13. The Kier molecular flexibility index (Phi) is 4.26. The van der Waals surface area contributed by atoms with Gasteiger partial charge in [0.1, 0.15) is 5.82 Å². The summed E-state index contributed by atoms with van der Waals surface area (Å²) in [6, 6.07) is 6.26. The van der Waals surface area contributed by atoms with Gasteiger partial charge in [0.05, 0.1) is 15.7 Å². The summed E-state index contributed by atoms with van der Waals surface area (Å²) < 4.78 is 24.8. The SMILES string of the molecule is CC(C)CCS(=O)c1ccccc1F. The third kappa shape index (κ3) is 3.22. The highest BCUT2D eigenvalue weighted by atomic mass is 32.2. The molecule has 0 N–H and O–H groups in total. The van der Waals surface area contributed by atoms with Crippen molar-refractivity contribution in [1.82, 2.24) is 0 Å². The largest absolute Gasteiger partial charge is 0.254 e. The maximum Gasteiger partial charge on any atom is 0.139 e. The molecule has 1 aromatic rings. The molecule has 0 aromatic heterocycles. The van der Waals surface area contributed by atoms with E-state index in [-0.39, 0.29) is 5.82 Å². The van der Waals surface area contributed by atoms with E-state index in [9.17, 15) is 8.60 Å². The molecule has 0 heterocycles. The Bertz CT molecular complexity index is 323. The first-order valence-corrected chi connectivity index (χ1v) is 6.06. The van der Waals surface area contributed by atoms with Crippen LogP contribution in [-0.4, -0.2) is 9.96 Å². The minimum Gasteiger partial charge on any atom is -0.254 e. The van der Waals surface area contributed by atoms with Crippen LogP contribution >= 0.6 is 0 Å². The van der Waals surface area contributed by atoms with Crippen molar-refractivity contribution in [2.45, 2.75) is 25.2 Å². The van der Waals surface area contributed by atoms with Crippen LogP contribution in [0.2, 0.25) is 0 Å². The molecule has 0 fully saturated rings. The summed E-state index contributed by atoms with van der Waals surface area (Å²) in [5.41, 5.74) is 0. The van der Waals surface area contributed by atoms with Gasteiger partial charge in [0.15, 0.2) is 0 Å². The summed E-state index contributed by atoms with van der Waals surface area (Å²) >= 11 is 0. The summed E-state index contributed by atoms with van der Waals surface area (Å²) in [5.74, 6) is 0.679. The van der Waals surface area contributed by atoms with Crippen LogP contribution in [0.15, 0.2) is 29.2 Å². The van der Waals surface area contributed by atoms with E-state index in [4.69, 9.17) is 0 Å². The molecule has 0 aliphatic carbocycles. The van der Waals surface area contributed by atoms with E-state index in [0.29, 0.717) is 16.6 Å². The fourth-order valence-electron chi connectivity index (χ4n) is 1.08. The van der Waals surface area contributed by atoms with E-state index in [1.54, 1.807) is 18.2 Å². The zero-order valence-corrected chi connectivity index (χ0v) is 9.31. The molecule has 1 rings (SSSR count). The minimum atomic E-state index is -1.19.